The Kier molecular flexibility index (Phi) is 9.86. The summed E-state index contributed by atoms with van der Waals surface area (Å²) in [6.45, 7) is 5.63. The largest absolute Gasteiger partial charge is 0.493 e. The van der Waals surface area contributed by atoms with E-state index in [1.54, 1.807) is 44.5 Å². The number of benzene rings is 3. The topological polar surface area (TPSA) is 112 Å². The van der Waals surface area contributed by atoms with Gasteiger partial charge in [-0.05, 0) is 87.3 Å². The maximum Gasteiger partial charge on any atom is 0.247 e. The van der Waals surface area contributed by atoms with Crippen molar-refractivity contribution >= 4 is 22.5 Å². The Balaban J connectivity index is 1.12. The molecule has 3 heterocycles. The summed E-state index contributed by atoms with van der Waals surface area (Å²) in [7, 11) is 1.56. The molecule has 1 saturated heterocycles. The van der Waals surface area contributed by atoms with Gasteiger partial charge in [-0.15, -0.1) is 10.2 Å². The van der Waals surface area contributed by atoms with E-state index in [1.807, 2.05) is 0 Å². The predicted molar refractivity (Wildman–Crippen MR) is 172 cm³/mol. The molecule has 1 amide bonds. The van der Waals surface area contributed by atoms with Gasteiger partial charge in [-0.2, -0.15) is 0 Å². The second-order valence-electron chi connectivity index (χ2n) is 11.2. The summed E-state index contributed by atoms with van der Waals surface area (Å²) in [5.74, 6) is -0.603. The molecule has 3 aromatic carbocycles. The number of aromatic nitrogens is 3. The van der Waals surface area contributed by atoms with Gasteiger partial charge in [0.15, 0.2) is 23.1 Å². The third kappa shape index (κ3) is 7.49. The zero-order chi connectivity index (χ0) is 32.8. The van der Waals surface area contributed by atoms with Crippen LogP contribution in [0.1, 0.15) is 44.4 Å². The van der Waals surface area contributed by atoms with Gasteiger partial charge in [0.2, 0.25) is 17.7 Å². The molecule has 1 aliphatic heterocycles. The number of halogens is 2. The Hall–Kier alpha value is -5.10. The third-order valence-corrected chi connectivity index (χ3v) is 8.04. The Labute approximate surface area is 270 Å². The van der Waals surface area contributed by atoms with Crippen LogP contribution in [0.4, 0.5) is 14.5 Å². The lowest BCUT2D eigenvalue weighted by molar-refractivity contribution is -0.118. The minimum Gasteiger partial charge on any atom is -0.493 e. The molecule has 1 fully saturated rings. The average molecular weight is 644 g/mol. The summed E-state index contributed by atoms with van der Waals surface area (Å²) < 4.78 is 51.9. The first-order valence-electron chi connectivity index (χ1n) is 15.6. The molecule has 0 aliphatic carbocycles. The van der Waals surface area contributed by atoms with E-state index in [-0.39, 0.29) is 23.2 Å². The normalized spacial score (nSPS) is 13.9. The van der Waals surface area contributed by atoms with Crippen molar-refractivity contribution in [2.75, 3.05) is 38.7 Å². The fourth-order valence-electron chi connectivity index (χ4n) is 5.53. The molecule has 1 N–H and O–H groups in total. The Morgan fingerprint density at radius 1 is 0.979 bits per heavy atom. The van der Waals surface area contributed by atoms with Crippen molar-refractivity contribution in [3.63, 3.8) is 0 Å². The van der Waals surface area contributed by atoms with E-state index in [0.717, 1.165) is 26.1 Å². The number of likely N-dealkylation sites (tertiary alicyclic amines) is 1. The monoisotopic (exact) mass is 643 g/mol. The van der Waals surface area contributed by atoms with Crippen LogP contribution in [-0.4, -0.2) is 59.3 Å². The lowest BCUT2D eigenvalue weighted by Crippen LogP contribution is -2.21. The standard InChI is InChI=1S/C35H35F2N5O5/c1-3-25(35-41-40-34(47-35)22-7-9-23(36)10-8-22)33(43)39-24-11-12-30(27(37)19-24)46-29-13-14-38-28-21-32(31(44-2)20-26(28)29)45-18-6-17-42-15-4-5-16-42/h7-14,19-21,25H,3-6,15-18H2,1-2H3,(H,39,43). The molecule has 12 heteroatoms. The maximum absolute atomic E-state index is 15.3. The van der Waals surface area contributed by atoms with Crippen molar-refractivity contribution in [2.45, 2.75) is 38.5 Å². The van der Waals surface area contributed by atoms with Crippen LogP contribution in [0.15, 0.2) is 71.3 Å². The number of fused-ring (bicyclic) bond motifs is 1. The van der Waals surface area contributed by atoms with Crippen LogP contribution < -0.4 is 19.5 Å². The van der Waals surface area contributed by atoms with Gasteiger partial charge in [0.1, 0.15) is 17.5 Å². The second kappa shape index (κ2) is 14.5. The van der Waals surface area contributed by atoms with Crippen molar-refractivity contribution < 1.29 is 32.2 Å². The van der Waals surface area contributed by atoms with Crippen LogP contribution in [0.25, 0.3) is 22.4 Å². The second-order valence-corrected chi connectivity index (χ2v) is 11.2. The molecule has 2 aromatic heterocycles. The maximum atomic E-state index is 15.3. The number of amides is 1. The van der Waals surface area contributed by atoms with Crippen LogP contribution in [0.5, 0.6) is 23.0 Å². The van der Waals surface area contributed by atoms with Crippen molar-refractivity contribution in [3.8, 4) is 34.5 Å². The van der Waals surface area contributed by atoms with Gasteiger partial charge in [0, 0.05) is 41.5 Å². The van der Waals surface area contributed by atoms with Gasteiger partial charge in [-0.3, -0.25) is 9.78 Å². The quantitative estimate of drug-likeness (QED) is 0.132. The van der Waals surface area contributed by atoms with Crippen LogP contribution >= 0.6 is 0 Å². The van der Waals surface area contributed by atoms with Gasteiger partial charge >= 0.3 is 0 Å². The third-order valence-electron chi connectivity index (χ3n) is 8.04. The molecule has 244 valence electrons. The van der Waals surface area contributed by atoms with E-state index < -0.39 is 23.5 Å². The molecule has 47 heavy (non-hydrogen) atoms. The minimum absolute atomic E-state index is 0.0374. The number of hydrogen-bond acceptors (Lipinski definition) is 9. The summed E-state index contributed by atoms with van der Waals surface area (Å²) >= 11 is 0. The fourth-order valence-corrected chi connectivity index (χ4v) is 5.53. The number of hydrogen-bond donors (Lipinski definition) is 1. The predicted octanol–water partition coefficient (Wildman–Crippen LogP) is 7.36. The van der Waals surface area contributed by atoms with Crippen molar-refractivity contribution in [2.24, 2.45) is 0 Å². The zero-order valence-electron chi connectivity index (χ0n) is 26.2. The minimum atomic E-state index is -0.784. The number of pyridine rings is 1. The van der Waals surface area contributed by atoms with Gasteiger partial charge in [-0.1, -0.05) is 6.92 Å². The number of rotatable bonds is 13. The van der Waals surface area contributed by atoms with E-state index in [1.165, 1.54) is 49.2 Å². The summed E-state index contributed by atoms with van der Waals surface area (Å²) in [4.78, 5) is 20.0. The van der Waals surface area contributed by atoms with Crippen molar-refractivity contribution in [3.05, 3.63) is 84.4 Å². The summed E-state index contributed by atoms with van der Waals surface area (Å²) in [5, 5.41) is 11.3. The first-order valence-corrected chi connectivity index (χ1v) is 15.6. The van der Waals surface area contributed by atoms with E-state index in [2.05, 4.69) is 25.4 Å². The number of carbonyl (C=O) groups excluding carboxylic acids is 1. The highest BCUT2D eigenvalue weighted by Gasteiger charge is 2.26. The lowest BCUT2D eigenvalue weighted by Gasteiger charge is -2.16. The molecule has 0 radical (unpaired) electrons. The van der Waals surface area contributed by atoms with Gasteiger partial charge in [0.05, 0.1) is 19.2 Å². The van der Waals surface area contributed by atoms with Crippen LogP contribution in [0.2, 0.25) is 0 Å². The molecule has 0 saturated carbocycles. The van der Waals surface area contributed by atoms with Gasteiger partial charge in [0.25, 0.3) is 0 Å². The van der Waals surface area contributed by atoms with E-state index in [0.29, 0.717) is 46.7 Å². The fraction of sp³-hybridized carbons (Fsp3) is 0.314. The SMILES string of the molecule is CCC(C(=O)Nc1ccc(Oc2ccnc3cc(OCCCN4CCCC4)c(OC)cc23)c(F)c1)c1nnc(-c2ccc(F)cc2)o1. The van der Waals surface area contributed by atoms with Gasteiger partial charge in [-0.25, -0.2) is 8.78 Å². The van der Waals surface area contributed by atoms with Crippen molar-refractivity contribution in [1.29, 1.82) is 0 Å². The number of methoxy groups -OCH3 is 1. The molecule has 10 nitrogen and oxygen atoms in total. The highest BCUT2D eigenvalue weighted by molar-refractivity contribution is 5.95. The van der Waals surface area contributed by atoms with Crippen LogP contribution in [-0.2, 0) is 4.79 Å². The number of ether oxygens (including phenoxy) is 3. The van der Waals surface area contributed by atoms with E-state index in [9.17, 15) is 9.18 Å². The summed E-state index contributed by atoms with van der Waals surface area (Å²) in [5.41, 5.74) is 1.36. The zero-order valence-corrected chi connectivity index (χ0v) is 26.2. The number of anilines is 1. The smallest absolute Gasteiger partial charge is 0.247 e. The molecule has 1 unspecified atom stereocenters. The van der Waals surface area contributed by atoms with E-state index >= 15 is 4.39 Å². The summed E-state index contributed by atoms with van der Waals surface area (Å²) in [6, 6.07) is 14.9. The molecule has 6 rings (SSSR count). The summed E-state index contributed by atoms with van der Waals surface area (Å²) in [6.07, 6.45) is 5.35. The van der Waals surface area contributed by atoms with E-state index in [4.69, 9.17) is 18.6 Å². The Morgan fingerprint density at radius 3 is 2.53 bits per heavy atom. The highest BCUT2D eigenvalue weighted by atomic mass is 19.1. The first-order chi connectivity index (χ1) is 22.9. The average Bonchev–Trinajstić information content (AvgIpc) is 3.78. The molecule has 0 bridgehead atoms. The van der Waals surface area contributed by atoms with Crippen LogP contribution in [0.3, 0.4) is 0 Å². The molecular weight excluding hydrogens is 608 g/mol. The number of nitrogens with zero attached hydrogens (tertiary/aromatic N) is 4. The number of nitrogens with one attached hydrogen (secondary N) is 1. The number of carbonyl (C=O) groups is 1. The lowest BCUT2D eigenvalue weighted by atomic mass is 10.1. The Bertz CT molecular complexity index is 1840. The molecule has 5 aromatic rings. The van der Waals surface area contributed by atoms with Gasteiger partial charge < -0.3 is 28.8 Å². The first kappa shape index (κ1) is 31.9. The van der Waals surface area contributed by atoms with Crippen LogP contribution in [0, 0.1) is 11.6 Å². The Morgan fingerprint density at radius 2 is 1.79 bits per heavy atom. The molecular formula is C35H35F2N5O5. The molecule has 1 aliphatic rings. The highest BCUT2D eigenvalue weighted by Crippen LogP contribution is 2.38. The molecule has 0 spiro atoms. The molecule has 1 atom stereocenters. The van der Waals surface area contributed by atoms with Crippen molar-refractivity contribution in [1.82, 2.24) is 20.1 Å².